The first-order valence-corrected chi connectivity index (χ1v) is 14.7. The quantitative estimate of drug-likeness (QED) is 0.302. The van der Waals surface area contributed by atoms with E-state index < -0.39 is 0 Å². The second-order valence-corrected chi connectivity index (χ2v) is 15.6. The van der Waals surface area contributed by atoms with Gasteiger partial charge in [-0.25, -0.2) is 6.07 Å². The number of benzene rings is 2. The molecule has 38 heavy (non-hydrogen) atoms. The summed E-state index contributed by atoms with van der Waals surface area (Å²) in [7, 11) is 0. The number of halogens is 2. The molecule has 0 nitrogen and oxygen atoms in total. The third-order valence-electron chi connectivity index (χ3n) is 6.85. The molecule has 0 aliphatic heterocycles. The fraction of sp³-hybridized carbons (Fsp3) is 0.486. The van der Waals surface area contributed by atoms with Crippen molar-refractivity contribution in [1.29, 1.82) is 0 Å². The molecule has 0 atom stereocenters. The first kappa shape index (κ1) is 37.1. The standard InChI is InChI=1S/C21H25.C11H17.C3H6.2ClH.Zr/c1-20(2,3)16-9-7-14-11-15-8-10-17(21(4,5)6)13-19(15)18(14)12-16;1-4-9-11(2,3)10-7-5-6-8-10;1-3-2;;;/h7,9-10,12-13H,11H2,1-6H3;5-8H,4,9H2,1-3H3;1-2H3;2*1H;/q2*-1;;;;+2/p-2. The molecule has 4 rings (SSSR count). The fourth-order valence-corrected chi connectivity index (χ4v) is 4.58. The number of rotatable bonds is 3. The molecule has 1 aliphatic carbocycles. The molecule has 0 fully saturated rings. The molecule has 1 aliphatic rings. The Morgan fingerprint density at radius 3 is 1.87 bits per heavy atom. The number of hydrogen-bond acceptors (Lipinski definition) is 0. The van der Waals surface area contributed by atoms with E-state index in [1.54, 1.807) is 24.2 Å². The van der Waals surface area contributed by atoms with E-state index in [0.717, 1.165) is 6.42 Å². The fourth-order valence-electron chi connectivity index (χ4n) is 4.58. The number of fused-ring (bicyclic) bond motifs is 3. The molecule has 3 aromatic rings. The second-order valence-electron chi connectivity index (χ2n) is 13.1. The van der Waals surface area contributed by atoms with E-state index in [9.17, 15) is 0 Å². The van der Waals surface area contributed by atoms with E-state index in [-0.39, 0.29) is 35.6 Å². The minimum Gasteiger partial charge on any atom is -1.00 e. The molecular formula is C35H48Cl2Zr-2. The van der Waals surface area contributed by atoms with E-state index in [0.29, 0.717) is 5.41 Å². The molecule has 0 heterocycles. The number of hydrogen-bond donors (Lipinski definition) is 0. The van der Waals surface area contributed by atoms with Crippen LogP contribution in [0.5, 0.6) is 0 Å². The van der Waals surface area contributed by atoms with Gasteiger partial charge in [-0.15, -0.1) is 5.56 Å². The molecule has 0 aromatic heterocycles. The van der Waals surface area contributed by atoms with Crippen LogP contribution in [-0.4, -0.2) is 3.21 Å². The van der Waals surface area contributed by atoms with Gasteiger partial charge in [-0.2, -0.15) is 53.1 Å². The Labute approximate surface area is 261 Å². The van der Waals surface area contributed by atoms with Crippen molar-refractivity contribution in [3.8, 4) is 11.1 Å². The summed E-state index contributed by atoms with van der Waals surface area (Å²) >= 11 is 1.55. The summed E-state index contributed by atoms with van der Waals surface area (Å²) < 4.78 is 1.51. The van der Waals surface area contributed by atoms with Gasteiger partial charge in [0.1, 0.15) is 0 Å². The van der Waals surface area contributed by atoms with Gasteiger partial charge in [-0.05, 0) is 17.4 Å². The van der Waals surface area contributed by atoms with Crippen molar-refractivity contribution in [3.63, 3.8) is 0 Å². The summed E-state index contributed by atoms with van der Waals surface area (Å²) in [6.45, 7) is 24.8. The smallest absolute Gasteiger partial charge is 1.00 e. The van der Waals surface area contributed by atoms with Gasteiger partial charge in [-0.3, -0.25) is 0 Å². The van der Waals surface area contributed by atoms with E-state index in [4.69, 9.17) is 0 Å². The zero-order valence-electron chi connectivity index (χ0n) is 25.6. The minimum absolute atomic E-state index is 0. The van der Waals surface area contributed by atoms with Crippen LogP contribution in [0, 0.1) is 6.07 Å². The zero-order valence-corrected chi connectivity index (χ0v) is 29.5. The Kier molecular flexibility index (Phi) is 14.9. The third-order valence-corrected chi connectivity index (χ3v) is 6.85. The van der Waals surface area contributed by atoms with Crippen LogP contribution < -0.4 is 24.8 Å². The Morgan fingerprint density at radius 2 is 1.39 bits per heavy atom. The van der Waals surface area contributed by atoms with Gasteiger partial charge in [0.15, 0.2) is 0 Å². The Hall–Kier alpha value is -0.877. The molecule has 0 unspecified atom stereocenters. The average Bonchev–Trinajstić information content (AvgIpc) is 3.40. The van der Waals surface area contributed by atoms with Crippen molar-refractivity contribution in [2.75, 3.05) is 0 Å². The molecule has 0 radical (unpaired) electrons. The molecular weight excluding hydrogens is 583 g/mol. The van der Waals surface area contributed by atoms with Gasteiger partial charge in [0.05, 0.1) is 0 Å². The Balaban J connectivity index is 0.000000684. The first-order chi connectivity index (χ1) is 16.6. The summed E-state index contributed by atoms with van der Waals surface area (Å²) in [5, 5.41) is 0. The van der Waals surface area contributed by atoms with Gasteiger partial charge in [-0.1, -0.05) is 115 Å². The SMILES string of the molecule is CC(C)(C)c1c[c-]c2c(c1)-c1cc(C(C)(C)C)ccc1C2.CCCC(C)(C)c1cc[cH-]c1.C[C](C)=[Zr+2].[Cl-].[Cl-]. The predicted octanol–water partition coefficient (Wildman–Crippen LogP) is 3.89. The van der Waals surface area contributed by atoms with Crippen LogP contribution in [0.3, 0.4) is 0 Å². The van der Waals surface area contributed by atoms with Crippen molar-refractivity contribution in [2.24, 2.45) is 0 Å². The van der Waals surface area contributed by atoms with Crippen molar-refractivity contribution in [3.05, 3.63) is 88.5 Å². The van der Waals surface area contributed by atoms with Crippen molar-refractivity contribution < 1.29 is 49.0 Å². The van der Waals surface area contributed by atoms with E-state index in [1.165, 1.54) is 55.0 Å². The molecule has 0 N–H and O–H groups in total. The minimum atomic E-state index is 0. The van der Waals surface area contributed by atoms with E-state index >= 15 is 0 Å². The molecule has 0 bridgehead atoms. The van der Waals surface area contributed by atoms with Crippen LogP contribution in [0.25, 0.3) is 11.1 Å². The zero-order chi connectivity index (χ0) is 27.3. The Bertz CT molecular complexity index is 1070. The van der Waals surface area contributed by atoms with Crippen molar-refractivity contribution in [1.82, 2.24) is 0 Å². The summed E-state index contributed by atoms with van der Waals surface area (Å²) in [4.78, 5) is 0. The van der Waals surface area contributed by atoms with Crippen LogP contribution in [0.4, 0.5) is 0 Å². The molecule has 0 saturated heterocycles. The van der Waals surface area contributed by atoms with Crippen LogP contribution in [0.15, 0.2) is 54.6 Å². The normalized spacial score (nSPS) is 11.9. The maximum atomic E-state index is 3.53. The molecule has 208 valence electrons. The van der Waals surface area contributed by atoms with Gasteiger partial charge < -0.3 is 24.8 Å². The molecule has 0 saturated carbocycles. The van der Waals surface area contributed by atoms with Crippen LogP contribution in [0.1, 0.15) is 117 Å². The maximum absolute atomic E-state index is 3.53. The molecule has 0 spiro atoms. The van der Waals surface area contributed by atoms with Crippen molar-refractivity contribution in [2.45, 2.75) is 112 Å². The predicted molar refractivity (Wildman–Crippen MR) is 157 cm³/mol. The first-order valence-electron chi connectivity index (χ1n) is 13.5. The third kappa shape index (κ3) is 10.6. The summed E-state index contributed by atoms with van der Waals surface area (Å²) in [5.41, 5.74) is 10.6. The Morgan fingerprint density at radius 1 is 0.842 bits per heavy atom. The largest absolute Gasteiger partial charge is 1.00 e. The average molecular weight is 631 g/mol. The second kappa shape index (κ2) is 15.2. The van der Waals surface area contributed by atoms with Crippen LogP contribution in [-0.2, 0) is 46.9 Å². The van der Waals surface area contributed by atoms with E-state index in [2.05, 4.69) is 137 Å². The van der Waals surface area contributed by atoms with Crippen LogP contribution in [0.2, 0.25) is 0 Å². The maximum Gasteiger partial charge on any atom is -1.00 e. The van der Waals surface area contributed by atoms with Gasteiger partial charge >= 0.3 is 41.3 Å². The summed E-state index contributed by atoms with van der Waals surface area (Å²) in [6, 6.07) is 23.7. The topological polar surface area (TPSA) is 0 Å². The molecule has 3 aromatic carbocycles. The molecule has 0 amide bonds. The summed E-state index contributed by atoms with van der Waals surface area (Å²) in [6.07, 6.45) is 3.56. The monoisotopic (exact) mass is 628 g/mol. The van der Waals surface area contributed by atoms with Gasteiger partial charge in [0.25, 0.3) is 0 Å². The van der Waals surface area contributed by atoms with Crippen LogP contribution >= 0.6 is 0 Å². The van der Waals surface area contributed by atoms with Gasteiger partial charge in [0, 0.05) is 0 Å². The summed E-state index contributed by atoms with van der Waals surface area (Å²) in [5.74, 6) is 0. The van der Waals surface area contributed by atoms with E-state index in [1.807, 2.05) is 0 Å². The molecule has 3 heteroatoms. The van der Waals surface area contributed by atoms with Crippen molar-refractivity contribution >= 4 is 3.21 Å². The van der Waals surface area contributed by atoms with Gasteiger partial charge in [0.2, 0.25) is 0 Å².